The Bertz CT molecular complexity index is 269. The highest BCUT2D eigenvalue weighted by atomic mass is 14.6. The first-order valence-electron chi connectivity index (χ1n) is 6.37. The molecule has 2 saturated carbocycles. The summed E-state index contributed by atoms with van der Waals surface area (Å²) in [5, 5.41) is 0. The van der Waals surface area contributed by atoms with Crippen molar-refractivity contribution in [3.63, 3.8) is 0 Å². The van der Waals surface area contributed by atoms with E-state index < -0.39 is 0 Å². The number of hydrogen-bond acceptors (Lipinski definition) is 1. The third-order valence-electron chi connectivity index (χ3n) is 5.21. The van der Waals surface area contributed by atoms with Crippen LogP contribution in [0, 0.1) is 29.1 Å². The number of hydrogen-bond donors (Lipinski definition) is 1. The van der Waals surface area contributed by atoms with Crippen LogP contribution in [0.1, 0.15) is 46.5 Å². The molecule has 0 heterocycles. The van der Waals surface area contributed by atoms with Crippen LogP contribution in [0.3, 0.4) is 0 Å². The fraction of sp³-hybridized carbons (Fsp3) is 0.857. The quantitative estimate of drug-likeness (QED) is 0.699. The van der Waals surface area contributed by atoms with E-state index in [9.17, 15) is 0 Å². The third kappa shape index (κ3) is 1.81. The fourth-order valence-corrected chi connectivity index (χ4v) is 3.94. The summed E-state index contributed by atoms with van der Waals surface area (Å²) in [6, 6.07) is 0. The van der Waals surface area contributed by atoms with Gasteiger partial charge in [-0.05, 0) is 49.4 Å². The van der Waals surface area contributed by atoms with E-state index in [0.29, 0.717) is 0 Å². The normalized spacial score (nSPS) is 50.1. The van der Waals surface area contributed by atoms with Crippen LogP contribution in [0.15, 0.2) is 12.3 Å². The summed E-state index contributed by atoms with van der Waals surface area (Å²) in [6.45, 7) is 11.2. The maximum absolute atomic E-state index is 5.99. The van der Waals surface area contributed by atoms with E-state index in [4.69, 9.17) is 5.73 Å². The van der Waals surface area contributed by atoms with E-state index in [2.05, 4.69) is 27.4 Å². The molecule has 0 aromatic heterocycles. The topological polar surface area (TPSA) is 26.0 Å². The van der Waals surface area contributed by atoms with Crippen LogP contribution in [0.25, 0.3) is 0 Å². The summed E-state index contributed by atoms with van der Waals surface area (Å²) in [5.74, 6) is 3.57. The first-order chi connectivity index (χ1) is 6.92. The zero-order chi connectivity index (χ0) is 11.2. The maximum Gasteiger partial charge on any atom is 0.00697 e. The fourth-order valence-electron chi connectivity index (χ4n) is 3.94. The molecule has 2 fully saturated rings. The number of nitrogens with two attached hydrogens (primary N) is 1. The van der Waals surface area contributed by atoms with Crippen molar-refractivity contribution in [2.75, 3.05) is 0 Å². The van der Waals surface area contributed by atoms with Crippen LogP contribution >= 0.6 is 0 Å². The van der Waals surface area contributed by atoms with Gasteiger partial charge in [0.05, 0.1) is 0 Å². The number of allylic oxidation sites excluding steroid dienone is 1. The lowest BCUT2D eigenvalue weighted by Crippen LogP contribution is -2.42. The van der Waals surface area contributed by atoms with Gasteiger partial charge in [0.25, 0.3) is 0 Å². The van der Waals surface area contributed by atoms with Gasteiger partial charge in [0.2, 0.25) is 0 Å². The highest BCUT2D eigenvalue weighted by molar-refractivity contribution is 5.09. The molecular weight excluding hydrogens is 182 g/mol. The van der Waals surface area contributed by atoms with Crippen molar-refractivity contribution in [3.8, 4) is 0 Å². The molecule has 1 nitrogen and oxygen atoms in total. The van der Waals surface area contributed by atoms with Crippen LogP contribution in [-0.4, -0.2) is 0 Å². The summed E-state index contributed by atoms with van der Waals surface area (Å²) in [5.41, 5.74) is 7.13. The average molecular weight is 207 g/mol. The van der Waals surface area contributed by atoms with Crippen molar-refractivity contribution < 1.29 is 0 Å². The highest BCUT2D eigenvalue weighted by Gasteiger charge is 2.44. The van der Waals surface area contributed by atoms with Gasteiger partial charge in [-0.3, -0.25) is 0 Å². The predicted molar refractivity (Wildman–Crippen MR) is 65.2 cm³/mol. The Hall–Kier alpha value is -0.460. The van der Waals surface area contributed by atoms with E-state index in [0.717, 1.165) is 29.4 Å². The first-order valence-corrected chi connectivity index (χ1v) is 6.37. The second-order valence-electron chi connectivity index (χ2n) is 6.43. The molecular formula is C14H25N. The Labute approximate surface area is 94.1 Å². The maximum atomic E-state index is 5.99. The smallest absolute Gasteiger partial charge is 0.00697 e. The zero-order valence-corrected chi connectivity index (χ0v) is 10.4. The van der Waals surface area contributed by atoms with Gasteiger partial charge in [0, 0.05) is 11.1 Å². The Morgan fingerprint density at radius 3 is 2.53 bits per heavy atom. The average Bonchev–Trinajstić information content (AvgIpc) is 2.13. The molecule has 2 aliphatic rings. The van der Waals surface area contributed by atoms with Gasteiger partial charge in [0.1, 0.15) is 0 Å². The van der Waals surface area contributed by atoms with Crippen molar-refractivity contribution in [2.24, 2.45) is 34.8 Å². The minimum atomic E-state index is 0.224. The molecule has 2 N–H and O–H groups in total. The molecule has 0 saturated heterocycles. The molecule has 0 aromatic carbocycles. The molecule has 5 atom stereocenters. The summed E-state index contributed by atoms with van der Waals surface area (Å²) in [6.07, 6.45) is 5.38. The molecule has 0 spiro atoms. The first kappa shape index (κ1) is 11.0. The van der Waals surface area contributed by atoms with Crippen molar-refractivity contribution in [2.45, 2.75) is 46.5 Å². The van der Waals surface area contributed by atoms with E-state index in [-0.39, 0.29) is 5.41 Å². The summed E-state index contributed by atoms with van der Waals surface area (Å²) < 4.78 is 0. The molecule has 1 heteroatoms. The van der Waals surface area contributed by atoms with Crippen LogP contribution in [0.5, 0.6) is 0 Å². The monoisotopic (exact) mass is 207 g/mol. The second-order valence-corrected chi connectivity index (χ2v) is 6.43. The Morgan fingerprint density at radius 2 is 1.93 bits per heavy atom. The lowest BCUT2D eigenvalue weighted by molar-refractivity contribution is 0.0237. The number of rotatable bonds is 1. The van der Waals surface area contributed by atoms with Gasteiger partial charge in [-0.1, -0.05) is 27.4 Å². The summed E-state index contributed by atoms with van der Waals surface area (Å²) in [4.78, 5) is 0. The Balaban J connectivity index is 2.18. The van der Waals surface area contributed by atoms with Crippen LogP contribution in [-0.2, 0) is 0 Å². The van der Waals surface area contributed by atoms with Gasteiger partial charge >= 0.3 is 0 Å². The lowest BCUT2D eigenvalue weighted by Gasteiger charge is -2.50. The lowest BCUT2D eigenvalue weighted by atomic mass is 9.55. The Kier molecular flexibility index (Phi) is 2.60. The van der Waals surface area contributed by atoms with E-state index in [1.807, 2.05) is 0 Å². The molecule has 2 aliphatic carbocycles. The molecule has 0 aliphatic heterocycles. The molecule has 0 radical (unpaired) electrons. The SMILES string of the molecule is C=C(N)C1(C)CC2CC(C)C(C)C(C2)C1. The van der Waals surface area contributed by atoms with E-state index >= 15 is 0 Å². The minimum absolute atomic E-state index is 0.224. The van der Waals surface area contributed by atoms with Gasteiger partial charge < -0.3 is 5.73 Å². The second kappa shape index (κ2) is 3.54. The predicted octanol–water partition coefficient (Wildman–Crippen LogP) is 3.56. The Morgan fingerprint density at radius 1 is 1.27 bits per heavy atom. The third-order valence-corrected chi connectivity index (χ3v) is 5.21. The van der Waals surface area contributed by atoms with Gasteiger partial charge in [-0.25, -0.2) is 0 Å². The molecule has 0 amide bonds. The highest BCUT2D eigenvalue weighted by Crippen LogP contribution is 2.53. The molecule has 15 heavy (non-hydrogen) atoms. The zero-order valence-electron chi connectivity index (χ0n) is 10.4. The molecule has 86 valence electrons. The van der Waals surface area contributed by atoms with E-state index in [1.54, 1.807) is 0 Å². The van der Waals surface area contributed by atoms with Gasteiger partial charge in [0.15, 0.2) is 0 Å². The van der Waals surface area contributed by atoms with Gasteiger partial charge in [-0.15, -0.1) is 0 Å². The van der Waals surface area contributed by atoms with Gasteiger partial charge in [-0.2, -0.15) is 0 Å². The van der Waals surface area contributed by atoms with Crippen LogP contribution in [0.4, 0.5) is 0 Å². The van der Waals surface area contributed by atoms with Crippen LogP contribution < -0.4 is 5.73 Å². The van der Waals surface area contributed by atoms with Crippen LogP contribution in [0.2, 0.25) is 0 Å². The van der Waals surface area contributed by atoms with Crippen molar-refractivity contribution in [3.05, 3.63) is 12.3 Å². The number of fused-ring (bicyclic) bond motifs is 2. The summed E-state index contributed by atoms with van der Waals surface area (Å²) in [7, 11) is 0. The largest absolute Gasteiger partial charge is 0.402 e. The van der Waals surface area contributed by atoms with Crippen molar-refractivity contribution >= 4 is 0 Å². The molecule has 2 rings (SSSR count). The van der Waals surface area contributed by atoms with Crippen molar-refractivity contribution in [1.29, 1.82) is 0 Å². The van der Waals surface area contributed by atoms with Crippen molar-refractivity contribution in [1.82, 2.24) is 0 Å². The standard InChI is InChI=1S/C14H25N/c1-9-5-12-6-13(10(9)2)8-14(4,7-12)11(3)15/h9-10,12-13H,3,5-8,15H2,1-2,4H3. The minimum Gasteiger partial charge on any atom is -0.402 e. The molecule has 0 aromatic rings. The molecule has 2 bridgehead atoms. The molecule has 5 unspecified atom stereocenters. The van der Waals surface area contributed by atoms with E-state index in [1.165, 1.54) is 25.7 Å². The summed E-state index contributed by atoms with van der Waals surface area (Å²) >= 11 is 0.